The van der Waals surface area contributed by atoms with E-state index in [1.54, 1.807) is 0 Å². The first kappa shape index (κ1) is 13.9. The van der Waals surface area contributed by atoms with Crippen LogP contribution in [0, 0.1) is 0 Å². The quantitative estimate of drug-likeness (QED) is 0.857. The van der Waals surface area contributed by atoms with Crippen molar-refractivity contribution in [1.82, 2.24) is 19.8 Å². The van der Waals surface area contributed by atoms with Crippen molar-refractivity contribution in [2.24, 2.45) is 0 Å². The monoisotopic (exact) mass is 268 g/mol. The van der Waals surface area contributed by atoms with E-state index >= 15 is 0 Å². The lowest BCUT2D eigenvalue weighted by atomic mass is 10.1. The van der Waals surface area contributed by atoms with Gasteiger partial charge in [0.25, 0.3) is 0 Å². The van der Waals surface area contributed by atoms with Gasteiger partial charge in [0.1, 0.15) is 0 Å². The highest BCUT2D eigenvalue weighted by atomic mass is 32.1. The minimum absolute atomic E-state index is 0.537. The van der Waals surface area contributed by atoms with Crippen molar-refractivity contribution in [1.29, 1.82) is 0 Å². The van der Waals surface area contributed by atoms with Crippen LogP contribution in [0.4, 0.5) is 0 Å². The Morgan fingerprint density at radius 3 is 2.83 bits per heavy atom. The summed E-state index contributed by atoms with van der Waals surface area (Å²) in [5.74, 6) is 0. The van der Waals surface area contributed by atoms with Gasteiger partial charge in [0.15, 0.2) is 0 Å². The molecule has 18 heavy (non-hydrogen) atoms. The van der Waals surface area contributed by atoms with Crippen LogP contribution in [-0.2, 0) is 13.0 Å². The summed E-state index contributed by atoms with van der Waals surface area (Å²) in [7, 11) is 0. The van der Waals surface area contributed by atoms with Gasteiger partial charge in [-0.05, 0) is 50.8 Å². The molecule has 1 N–H and O–H groups in total. The Morgan fingerprint density at radius 1 is 1.33 bits per heavy atom. The van der Waals surface area contributed by atoms with E-state index in [0.29, 0.717) is 6.04 Å². The van der Waals surface area contributed by atoms with Crippen LogP contribution < -0.4 is 5.32 Å². The first-order valence-corrected chi connectivity index (χ1v) is 7.82. The molecule has 1 fully saturated rings. The van der Waals surface area contributed by atoms with Gasteiger partial charge < -0.3 is 10.2 Å². The summed E-state index contributed by atoms with van der Waals surface area (Å²) in [5, 5.41) is 7.74. The summed E-state index contributed by atoms with van der Waals surface area (Å²) >= 11 is 1.52. The standard InChI is InChI=1S/C13H24N4S/c1-3-12-13(18-16-15-12)9-14-11(2)10-17-7-5-4-6-8-17/h11,14H,3-10H2,1-2H3. The molecule has 1 atom stereocenters. The molecule has 4 nitrogen and oxygen atoms in total. The Balaban J connectivity index is 1.72. The van der Waals surface area contributed by atoms with Gasteiger partial charge in [-0.3, -0.25) is 0 Å². The van der Waals surface area contributed by atoms with Gasteiger partial charge in [0.2, 0.25) is 0 Å². The van der Waals surface area contributed by atoms with E-state index in [2.05, 4.69) is 33.7 Å². The van der Waals surface area contributed by atoms with Gasteiger partial charge in [0, 0.05) is 19.1 Å². The highest BCUT2D eigenvalue weighted by Gasteiger charge is 2.14. The third-order valence-electron chi connectivity index (χ3n) is 3.56. The number of piperidine rings is 1. The maximum absolute atomic E-state index is 4.15. The Bertz CT molecular complexity index is 347. The van der Waals surface area contributed by atoms with Gasteiger partial charge in [0.05, 0.1) is 10.6 Å². The average molecular weight is 268 g/mol. The van der Waals surface area contributed by atoms with Crippen molar-refractivity contribution in [3.8, 4) is 0 Å². The molecule has 0 spiro atoms. The summed E-state index contributed by atoms with van der Waals surface area (Å²) in [4.78, 5) is 3.87. The van der Waals surface area contributed by atoms with Crippen LogP contribution in [0.2, 0.25) is 0 Å². The average Bonchev–Trinajstić information content (AvgIpc) is 2.85. The van der Waals surface area contributed by atoms with E-state index in [1.807, 2.05) is 0 Å². The first-order chi connectivity index (χ1) is 8.79. The van der Waals surface area contributed by atoms with E-state index in [0.717, 1.165) is 25.2 Å². The normalized spacial score (nSPS) is 19.0. The number of hydrogen-bond donors (Lipinski definition) is 1. The minimum Gasteiger partial charge on any atom is -0.308 e. The fourth-order valence-corrected chi connectivity index (χ4v) is 3.17. The number of aromatic nitrogens is 2. The van der Waals surface area contributed by atoms with Crippen molar-refractivity contribution in [2.75, 3.05) is 19.6 Å². The first-order valence-electron chi connectivity index (χ1n) is 7.05. The molecule has 5 heteroatoms. The second-order valence-corrected chi connectivity index (χ2v) is 5.98. The van der Waals surface area contributed by atoms with E-state index in [-0.39, 0.29) is 0 Å². The number of hydrogen-bond acceptors (Lipinski definition) is 5. The van der Waals surface area contributed by atoms with Crippen LogP contribution in [-0.4, -0.2) is 40.2 Å². The molecule has 2 rings (SSSR count). The smallest absolute Gasteiger partial charge is 0.0797 e. The fourth-order valence-electron chi connectivity index (χ4n) is 2.49. The molecule has 1 aromatic rings. The molecule has 0 aliphatic carbocycles. The molecular formula is C13H24N4S. The molecule has 0 aromatic carbocycles. The lowest BCUT2D eigenvalue weighted by Gasteiger charge is -2.29. The fraction of sp³-hybridized carbons (Fsp3) is 0.846. The maximum Gasteiger partial charge on any atom is 0.0797 e. The molecule has 1 aromatic heterocycles. The van der Waals surface area contributed by atoms with Crippen molar-refractivity contribution in [3.05, 3.63) is 10.6 Å². The summed E-state index contributed by atoms with van der Waals surface area (Å²) in [5.41, 5.74) is 1.15. The van der Waals surface area contributed by atoms with E-state index < -0.39 is 0 Å². The van der Waals surface area contributed by atoms with Crippen LogP contribution in [0.15, 0.2) is 0 Å². The summed E-state index contributed by atoms with van der Waals surface area (Å²) in [6.07, 6.45) is 5.12. The number of likely N-dealkylation sites (tertiary alicyclic amines) is 1. The Morgan fingerprint density at radius 2 is 2.11 bits per heavy atom. The van der Waals surface area contributed by atoms with Gasteiger partial charge in [-0.1, -0.05) is 17.8 Å². The molecule has 0 amide bonds. The highest BCUT2D eigenvalue weighted by molar-refractivity contribution is 7.05. The van der Waals surface area contributed by atoms with Crippen molar-refractivity contribution in [2.45, 2.75) is 52.1 Å². The van der Waals surface area contributed by atoms with Crippen molar-refractivity contribution >= 4 is 11.5 Å². The van der Waals surface area contributed by atoms with Gasteiger partial charge in [-0.2, -0.15) is 0 Å². The molecule has 1 aliphatic rings. The zero-order chi connectivity index (χ0) is 12.8. The van der Waals surface area contributed by atoms with E-state index in [1.165, 1.54) is 48.8 Å². The molecule has 0 radical (unpaired) electrons. The van der Waals surface area contributed by atoms with Crippen molar-refractivity contribution in [3.63, 3.8) is 0 Å². The maximum atomic E-state index is 4.15. The zero-order valence-electron chi connectivity index (χ0n) is 11.5. The molecule has 1 aliphatic heterocycles. The number of aryl methyl sites for hydroxylation is 1. The summed E-state index contributed by atoms with van der Waals surface area (Å²) in [6.45, 7) is 9.03. The van der Waals surface area contributed by atoms with Crippen LogP contribution in [0.1, 0.15) is 43.7 Å². The molecule has 1 saturated heterocycles. The molecule has 0 saturated carbocycles. The predicted molar refractivity (Wildman–Crippen MR) is 75.9 cm³/mol. The molecule has 102 valence electrons. The second kappa shape index (κ2) is 7.16. The molecule has 1 unspecified atom stereocenters. The number of rotatable bonds is 6. The Labute approximate surface area is 114 Å². The van der Waals surface area contributed by atoms with E-state index in [4.69, 9.17) is 0 Å². The summed E-state index contributed by atoms with van der Waals surface area (Å²) in [6, 6.07) is 0.537. The SMILES string of the molecule is CCc1nnsc1CNC(C)CN1CCCCC1. The predicted octanol–water partition coefficient (Wildman–Crippen LogP) is 2.06. The molecule has 0 bridgehead atoms. The minimum atomic E-state index is 0.537. The lowest BCUT2D eigenvalue weighted by molar-refractivity contribution is 0.209. The van der Waals surface area contributed by atoms with Gasteiger partial charge in [-0.15, -0.1) is 5.10 Å². The third kappa shape index (κ3) is 4.00. The highest BCUT2D eigenvalue weighted by Crippen LogP contribution is 2.12. The number of nitrogens with one attached hydrogen (secondary N) is 1. The van der Waals surface area contributed by atoms with Gasteiger partial charge >= 0.3 is 0 Å². The largest absolute Gasteiger partial charge is 0.308 e. The topological polar surface area (TPSA) is 41.1 Å². The van der Waals surface area contributed by atoms with E-state index in [9.17, 15) is 0 Å². The zero-order valence-corrected chi connectivity index (χ0v) is 12.3. The number of nitrogens with zero attached hydrogens (tertiary/aromatic N) is 3. The Hall–Kier alpha value is -0.520. The van der Waals surface area contributed by atoms with Crippen LogP contribution in [0.3, 0.4) is 0 Å². The molecule has 2 heterocycles. The van der Waals surface area contributed by atoms with Crippen LogP contribution in [0.5, 0.6) is 0 Å². The second-order valence-electron chi connectivity index (χ2n) is 5.14. The van der Waals surface area contributed by atoms with Crippen molar-refractivity contribution < 1.29 is 0 Å². The van der Waals surface area contributed by atoms with Crippen LogP contribution >= 0.6 is 11.5 Å². The summed E-state index contributed by atoms with van der Waals surface area (Å²) < 4.78 is 4.03. The van der Waals surface area contributed by atoms with Gasteiger partial charge in [-0.25, -0.2) is 0 Å². The third-order valence-corrected chi connectivity index (χ3v) is 4.32. The Kier molecular flexibility index (Phi) is 5.53. The molecular weight excluding hydrogens is 244 g/mol. The lowest BCUT2D eigenvalue weighted by Crippen LogP contribution is -2.41. The van der Waals surface area contributed by atoms with Crippen LogP contribution in [0.25, 0.3) is 0 Å².